The van der Waals surface area contributed by atoms with Crippen LogP contribution >= 0.6 is 15.9 Å². The normalized spacial score (nSPS) is 17.3. The Hall–Kier alpha value is -0.830. The molecule has 0 unspecified atom stereocenters. The summed E-state index contributed by atoms with van der Waals surface area (Å²) in [5, 5.41) is 0. The Labute approximate surface area is 104 Å². The van der Waals surface area contributed by atoms with Crippen LogP contribution in [-0.4, -0.2) is 5.78 Å². The van der Waals surface area contributed by atoms with E-state index in [9.17, 15) is 4.79 Å². The van der Waals surface area contributed by atoms with E-state index in [4.69, 9.17) is 5.73 Å². The molecule has 0 spiro atoms. The van der Waals surface area contributed by atoms with Crippen molar-refractivity contribution < 1.29 is 4.79 Å². The van der Waals surface area contributed by atoms with E-state index in [1.54, 1.807) is 6.07 Å². The standard InChI is InChI=1S/C13H16BrNO/c14-10-6-7-12(15)11(8-10)13(16)9-4-2-1-3-5-9/h6-9H,1-5,15H2. The smallest absolute Gasteiger partial charge is 0.168 e. The van der Waals surface area contributed by atoms with Crippen LogP contribution in [0.1, 0.15) is 42.5 Å². The fraction of sp³-hybridized carbons (Fsp3) is 0.462. The van der Waals surface area contributed by atoms with Crippen molar-refractivity contribution >= 4 is 27.4 Å². The van der Waals surface area contributed by atoms with Crippen molar-refractivity contribution in [3.63, 3.8) is 0 Å². The second kappa shape index (κ2) is 5.00. The number of halogens is 1. The molecule has 86 valence electrons. The Kier molecular flexibility index (Phi) is 3.64. The third-order valence-electron chi connectivity index (χ3n) is 3.26. The average molecular weight is 282 g/mol. The molecule has 1 fully saturated rings. The number of carbonyl (C=O) groups excluding carboxylic acids is 1. The zero-order chi connectivity index (χ0) is 11.5. The van der Waals surface area contributed by atoms with Crippen molar-refractivity contribution in [1.82, 2.24) is 0 Å². The van der Waals surface area contributed by atoms with E-state index in [-0.39, 0.29) is 11.7 Å². The molecule has 2 N–H and O–H groups in total. The van der Waals surface area contributed by atoms with E-state index < -0.39 is 0 Å². The van der Waals surface area contributed by atoms with Crippen molar-refractivity contribution in [3.05, 3.63) is 28.2 Å². The largest absolute Gasteiger partial charge is 0.398 e. The Morgan fingerprint density at radius 1 is 1.25 bits per heavy atom. The topological polar surface area (TPSA) is 43.1 Å². The van der Waals surface area contributed by atoms with Gasteiger partial charge in [-0.05, 0) is 31.0 Å². The van der Waals surface area contributed by atoms with Gasteiger partial charge in [0.05, 0.1) is 0 Å². The molecule has 0 heterocycles. The van der Waals surface area contributed by atoms with Gasteiger partial charge in [-0.2, -0.15) is 0 Å². The molecule has 0 aliphatic heterocycles. The van der Waals surface area contributed by atoms with Gasteiger partial charge in [0.1, 0.15) is 0 Å². The first kappa shape index (κ1) is 11.6. The molecule has 1 aromatic carbocycles. The summed E-state index contributed by atoms with van der Waals surface area (Å²) in [4.78, 5) is 12.3. The second-order valence-electron chi connectivity index (χ2n) is 4.43. The summed E-state index contributed by atoms with van der Waals surface area (Å²) in [6, 6.07) is 5.50. The molecule has 2 rings (SSSR count). The molecule has 0 aromatic heterocycles. The molecule has 2 nitrogen and oxygen atoms in total. The Balaban J connectivity index is 2.22. The van der Waals surface area contributed by atoms with Gasteiger partial charge in [-0.25, -0.2) is 0 Å². The van der Waals surface area contributed by atoms with Crippen LogP contribution < -0.4 is 5.73 Å². The number of carbonyl (C=O) groups is 1. The minimum atomic E-state index is 0.186. The highest BCUT2D eigenvalue weighted by molar-refractivity contribution is 9.10. The molecule has 0 radical (unpaired) electrons. The summed E-state index contributed by atoms with van der Waals surface area (Å²) in [5.41, 5.74) is 7.13. The summed E-state index contributed by atoms with van der Waals surface area (Å²) in [7, 11) is 0. The Morgan fingerprint density at radius 3 is 2.62 bits per heavy atom. The Morgan fingerprint density at radius 2 is 1.94 bits per heavy atom. The molecule has 16 heavy (non-hydrogen) atoms. The number of anilines is 1. The van der Waals surface area contributed by atoms with Crippen molar-refractivity contribution in [3.8, 4) is 0 Å². The second-order valence-corrected chi connectivity index (χ2v) is 5.35. The minimum Gasteiger partial charge on any atom is -0.398 e. The van der Waals surface area contributed by atoms with Gasteiger partial charge >= 0.3 is 0 Å². The number of rotatable bonds is 2. The highest BCUT2D eigenvalue weighted by Gasteiger charge is 2.23. The molecule has 0 bridgehead atoms. The van der Waals surface area contributed by atoms with Gasteiger partial charge in [0.25, 0.3) is 0 Å². The number of nitrogens with two attached hydrogens (primary N) is 1. The average Bonchev–Trinajstić information content (AvgIpc) is 2.32. The fourth-order valence-electron chi connectivity index (χ4n) is 2.33. The molecule has 0 saturated heterocycles. The summed E-state index contributed by atoms with van der Waals surface area (Å²) < 4.78 is 0.917. The number of ketones is 1. The molecule has 1 aliphatic rings. The predicted octanol–water partition coefficient (Wildman–Crippen LogP) is 3.79. The number of hydrogen-bond donors (Lipinski definition) is 1. The lowest BCUT2D eigenvalue weighted by molar-refractivity contribution is 0.0890. The maximum atomic E-state index is 12.3. The molecule has 1 aliphatic carbocycles. The summed E-state index contributed by atoms with van der Waals surface area (Å²) in [6.07, 6.45) is 5.64. The van der Waals surface area contributed by atoms with Crippen LogP contribution in [0, 0.1) is 5.92 Å². The lowest BCUT2D eigenvalue weighted by atomic mass is 9.83. The highest BCUT2D eigenvalue weighted by atomic mass is 79.9. The van der Waals surface area contributed by atoms with E-state index in [0.29, 0.717) is 11.3 Å². The molecular weight excluding hydrogens is 266 g/mol. The molecule has 3 heteroatoms. The van der Waals surface area contributed by atoms with Crippen LogP contribution in [0.4, 0.5) is 5.69 Å². The first-order valence-electron chi connectivity index (χ1n) is 5.77. The summed E-state index contributed by atoms with van der Waals surface area (Å²) >= 11 is 3.38. The predicted molar refractivity (Wildman–Crippen MR) is 69.5 cm³/mol. The molecule has 0 amide bonds. The van der Waals surface area contributed by atoms with Gasteiger partial charge in [0.15, 0.2) is 5.78 Å². The molecule has 1 saturated carbocycles. The van der Waals surface area contributed by atoms with Crippen molar-refractivity contribution in [2.45, 2.75) is 32.1 Å². The molecule has 0 atom stereocenters. The lowest BCUT2D eigenvalue weighted by Crippen LogP contribution is -2.19. The monoisotopic (exact) mass is 281 g/mol. The zero-order valence-corrected chi connectivity index (χ0v) is 10.8. The van der Waals surface area contributed by atoms with Gasteiger partial charge < -0.3 is 5.73 Å². The van der Waals surface area contributed by atoms with Crippen molar-refractivity contribution in [2.24, 2.45) is 5.92 Å². The van der Waals surface area contributed by atoms with E-state index in [0.717, 1.165) is 17.3 Å². The van der Waals surface area contributed by atoms with Crippen molar-refractivity contribution in [2.75, 3.05) is 5.73 Å². The number of Topliss-reactive ketones (excluding diaryl/α,β-unsaturated/α-hetero) is 1. The van der Waals surface area contributed by atoms with Crippen LogP contribution in [0.3, 0.4) is 0 Å². The van der Waals surface area contributed by atoms with Crippen molar-refractivity contribution in [1.29, 1.82) is 0 Å². The zero-order valence-electron chi connectivity index (χ0n) is 9.21. The number of benzene rings is 1. The van der Waals surface area contributed by atoms with Crippen LogP contribution in [0.5, 0.6) is 0 Å². The van der Waals surface area contributed by atoms with E-state index in [1.807, 2.05) is 12.1 Å². The third-order valence-corrected chi connectivity index (χ3v) is 3.75. The summed E-state index contributed by atoms with van der Waals surface area (Å²) in [6.45, 7) is 0. The van der Waals surface area contributed by atoms with Gasteiger partial charge in [-0.1, -0.05) is 35.2 Å². The molecule has 1 aromatic rings. The van der Waals surface area contributed by atoms with E-state index in [1.165, 1.54) is 19.3 Å². The SMILES string of the molecule is Nc1ccc(Br)cc1C(=O)C1CCCCC1. The van der Waals surface area contributed by atoms with Gasteiger partial charge in [0, 0.05) is 21.6 Å². The fourth-order valence-corrected chi connectivity index (χ4v) is 2.69. The van der Waals surface area contributed by atoms with Crippen LogP contribution in [-0.2, 0) is 0 Å². The maximum Gasteiger partial charge on any atom is 0.168 e. The van der Waals surface area contributed by atoms with Crippen LogP contribution in [0.15, 0.2) is 22.7 Å². The Bertz CT molecular complexity index is 397. The van der Waals surface area contributed by atoms with E-state index in [2.05, 4.69) is 15.9 Å². The number of nitrogen functional groups attached to an aromatic ring is 1. The molecular formula is C13H16BrNO. The summed E-state index contributed by atoms with van der Waals surface area (Å²) in [5.74, 6) is 0.406. The number of hydrogen-bond acceptors (Lipinski definition) is 2. The van der Waals surface area contributed by atoms with Gasteiger partial charge in [-0.15, -0.1) is 0 Å². The van der Waals surface area contributed by atoms with Gasteiger partial charge in [0.2, 0.25) is 0 Å². The van der Waals surface area contributed by atoms with Gasteiger partial charge in [-0.3, -0.25) is 4.79 Å². The minimum absolute atomic E-state index is 0.186. The third kappa shape index (κ3) is 2.46. The van der Waals surface area contributed by atoms with Crippen LogP contribution in [0.25, 0.3) is 0 Å². The quantitative estimate of drug-likeness (QED) is 0.662. The first-order chi connectivity index (χ1) is 7.68. The highest BCUT2D eigenvalue weighted by Crippen LogP contribution is 2.29. The lowest BCUT2D eigenvalue weighted by Gasteiger charge is -2.21. The van der Waals surface area contributed by atoms with E-state index >= 15 is 0 Å². The van der Waals surface area contributed by atoms with Crippen LogP contribution in [0.2, 0.25) is 0 Å². The first-order valence-corrected chi connectivity index (χ1v) is 6.57. The maximum absolute atomic E-state index is 12.3.